The number of carbonyl (C=O) groups excluding carboxylic acids is 1. The molecule has 1 N–H and O–H groups in total. The molecular weight excluding hydrogens is 402 g/mol. The first-order valence-electron chi connectivity index (χ1n) is 10.1. The van der Waals surface area contributed by atoms with Crippen LogP contribution in [0.2, 0.25) is 5.02 Å². The topological polar surface area (TPSA) is 74.5 Å². The lowest BCUT2D eigenvalue weighted by Gasteiger charge is -2.36. The maximum absolute atomic E-state index is 12.4. The van der Waals surface area contributed by atoms with Crippen LogP contribution in [0.5, 0.6) is 0 Å². The number of aryl methyl sites for hydroxylation is 1. The Balaban J connectivity index is 1.54. The summed E-state index contributed by atoms with van der Waals surface area (Å²) in [4.78, 5) is 25.6. The summed E-state index contributed by atoms with van der Waals surface area (Å²) in [7, 11) is 1.98. The lowest BCUT2D eigenvalue weighted by atomic mass is 10.0. The van der Waals surface area contributed by atoms with Gasteiger partial charge in [-0.25, -0.2) is 9.97 Å². The quantitative estimate of drug-likeness (QED) is 0.692. The first-order valence-corrected chi connectivity index (χ1v) is 10.4. The number of rotatable bonds is 4. The molecule has 8 heteroatoms. The van der Waals surface area contributed by atoms with E-state index in [2.05, 4.69) is 9.88 Å². The highest BCUT2D eigenvalue weighted by atomic mass is 35.5. The summed E-state index contributed by atoms with van der Waals surface area (Å²) in [5, 5.41) is 10.5. The van der Waals surface area contributed by atoms with E-state index in [0.717, 1.165) is 28.2 Å². The summed E-state index contributed by atoms with van der Waals surface area (Å²) >= 11 is 6.48. The third-order valence-corrected chi connectivity index (χ3v) is 5.71. The number of carbonyl (C=O) groups is 1. The number of para-hydroxylation sites is 2. The van der Waals surface area contributed by atoms with Gasteiger partial charge in [0.2, 0.25) is 5.91 Å². The molecule has 0 saturated carbocycles. The van der Waals surface area contributed by atoms with Gasteiger partial charge in [0.15, 0.2) is 0 Å². The fraction of sp³-hybridized carbons (Fsp3) is 0.409. The molecule has 0 aliphatic carbocycles. The van der Waals surface area contributed by atoms with Gasteiger partial charge in [-0.1, -0.05) is 23.7 Å². The average Bonchev–Trinajstić information content (AvgIpc) is 3.04. The summed E-state index contributed by atoms with van der Waals surface area (Å²) < 4.78 is 2.04. The van der Waals surface area contributed by atoms with Crippen LogP contribution in [0.4, 0.5) is 5.82 Å². The molecule has 0 bridgehead atoms. The van der Waals surface area contributed by atoms with E-state index in [1.165, 1.54) is 0 Å². The summed E-state index contributed by atoms with van der Waals surface area (Å²) in [6, 6.07) is 9.95. The van der Waals surface area contributed by atoms with Gasteiger partial charge in [0.1, 0.15) is 11.6 Å². The summed E-state index contributed by atoms with van der Waals surface area (Å²) in [6.45, 7) is 5.85. The number of anilines is 1. The Hall–Kier alpha value is -2.64. The van der Waals surface area contributed by atoms with Crippen molar-refractivity contribution in [2.45, 2.75) is 25.9 Å². The number of fused-ring (bicyclic) bond motifs is 1. The van der Waals surface area contributed by atoms with Gasteiger partial charge in [-0.05, 0) is 32.0 Å². The number of halogens is 1. The number of hydrogen-bond donors (Lipinski definition) is 1. The van der Waals surface area contributed by atoms with Gasteiger partial charge < -0.3 is 19.5 Å². The lowest BCUT2D eigenvalue weighted by Crippen LogP contribution is -2.50. The standard InChI is InChI=1S/C22H26ClN5O2/c1-22(2,30)13-20(29)28-10-8-27(9-11-28)19-12-15(16(23)14-24-19)21-25-17-6-4-5-7-18(17)26(21)3/h4-7,12,14,30H,8-11,13H2,1-3H3. The maximum atomic E-state index is 12.4. The van der Waals surface area contributed by atoms with Crippen molar-refractivity contribution in [1.29, 1.82) is 0 Å². The third-order valence-electron chi connectivity index (χ3n) is 5.41. The second kappa shape index (κ2) is 7.89. The van der Waals surface area contributed by atoms with Crippen LogP contribution in [0.1, 0.15) is 20.3 Å². The van der Waals surface area contributed by atoms with E-state index in [1.54, 1.807) is 24.9 Å². The molecule has 0 spiro atoms. The molecule has 1 saturated heterocycles. The Bertz CT molecular complexity index is 1080. The van der Waals surface area contributed by atoms with Crippen LogP contribution in [0.3, 0.4) is 0 Å². The van der Waals surface area contributed by atoms with Crippen molar-refractivity contribution in [3.63, 3.8) is 0 Å². The third kappa shape index (κ3) is 4.13. The normalized spacial score (nSPS) is 15.1. The number of aromatic nitrogens is 3. The number of amides is 1. The van der Waals surface area contributed by atoms with Crippen molar-refractivity contribution in [1.82, 2.24) is 19.4 Å². The number of pyridine rings is 1. The van der Waals surface area contributed by atoms with E-state index in [-0.39, 0.29) is 12.3 Å². The van der Waals surface area contributed by atoms with E-state index < -0.39 is 5.60 Å². The molecule has 158 valence electrons. The van der Waals surface area contributed by atoms with Gasteiger partial charge in [-0.3, -0.25) is 4.79 Å². The highest BCUT2D eigenvalue weighted by Crippen LogP contribution is 2.32. The van der Waals surface area contributed by atoms with E-state index in [9.17, 15) is 9.90 Å². The average molecular weight is 428 g/mol. The zero-order chi connectivity index (χ0) is 21.5. The monoisotopic (exact) mass is 427 g/mol. The molecule has 2 aromatic heterocycles. The number of imidazole rings is 1. The number of piperazine rings is 1. The van der Waals surface area contributed by atoms with Crippen LogP contribution < -0.4 is 4.90 Å². The van der Waals surface area contributed by atoms with E-state index in [4.69, 9.17) is 16.6 Å². The number of hydrogen-bond acceptors (Lipinski definition) is 5. The minimum Gasteiger partial charge on any atom is -0.390 e. The van der Waals surface area contributed by atoms with Crippen LogP contribution in [0, 0.1) is 0 Å². The molecule has 1 aliphatic heterocycles. The van der Waals surface area contributed by atoms with Crippen molar-refractivity contribution in [3.05, 3.63) is 41.6 Å². The second-order valence-electron chi connectivity index (χ2n) is 8.36. The Labute approximate surface area is 180 Å². The minimum atomic E-state index is -0.994. The van der Waals surface area contributed by atoms with Gasteiger partial charge in [-0.2, -0.15) is 0 Å². The molecule has 7 nitrogen and oxygen atoms in total. The van der Waals surface area contributed by atoms with Crippen molar-refractivity contribution < 1.29 is 9.90 Å². The Morgan fingerprint density at radius 3 is 2.57 bits per heavy atom. The van der Waals surface area contributed by atoms with Crippen molar-refractivity contribution in [3.8, 4) is 11.4 Å². The summed E-state index contributed by atoms with van der Waals surface area (Å²) in [5.41, 5.74) is 1.80. The lowest BCUT2D eigenvalue weighted by molar-refractivity contribution is -0.135. The first-order chi connectivity index (χ1) is 14.2. The summed E-state index contributed by atoms with van der Waals surface area (Å²) in [5.74, 6) is 1.59. The van der Waals surface area contributed by atoms with Gasteiger partial charge in [0, 0.05) is 45.0 Å². The predicted octanol–water partition coefficient (Wildman–Crippen LogP) is 3.10. The fourth-order valence-electron chi connectivity index (χ4n) is 3.83. The van der Waals surface area contributed by atoms with Gasteiger partial charge in [-0.15, -0.1) is 0 Å². The minimum absolute atomic E-state index is 0.0217. The molecule has 0 unspecified atom stereocenters. The SMILES string of the molecule is Cn1c(-c2cc(N3CCN(C(=O)CC(C)(C)O)CC3)ncc2Cl)nc2ccccc21. The second-order valence-corrected chi connectivity index (χ2v) is 8.77. The Kier molecular flexibility index (Phi) is 5.42. The van der Waals surface area contributed by atoms with Crippen molar-refractivity contribution in [2.24, 2.45) is 7.05 Å². The molecule has 1 aliphatic rings. The largest absolute Gasteiger partial charge is 0.390 e. The smallest absolute Gasteiger partial charge is 0.225 e. The molecule has 3 heterocycles. The predicted molar refractivity (Wildman–Crippen MR) is 119 cm³/mol. The molecule has 3 aromatic rings. The molecule has 1 amide bonds. The Morgan fingerprint density at radius 2 is 1.90 bits per heavy atom. The zero-order valence-corrected chi connectivity index (χ0v) is 18.2. The number of aliphatic hydroxyl groups is 1. The van der Waals surface area contributed by atoms with Crippen molar-refractivity contribution >= 4 is 34.4 Å². The van der Waals surface area contributed by atoms with Crippen LogP contribution >= 0.6 is 11.6 Å². The van der Waals surface area contributed by atoms with Crippen LogP contribution in [-0.2, 0) is 11.8 Å². The molecule has 30 heavy (non-hydrogen) atoms. The maximum Gasteiger partial charge on any atom is 0.225 e. The Morgan fingerprint density at radius 1 is 1.20 bits per heavy atom. The van der Waals surface area contributed by atoms with Gasteiger partial charge in [0.25, 0.3) is 0 Å². The molecule has 1 fully saturated rings. The fourth-order valence-corrected chi connectivity index (χ4v) is 4.01. The highest BCUT2D eigenvalue weighted by Gasteiger charge is 2.26. The van der Waals surface area contributed by atoms with Gasteiger partial charge >= 0.3 is 0 Å². The van der Waals surface area contributed by atoms with E-state index in [0.29, 0.717) is 31.2 Å². The first kappa shape index (κ1) is 20.6. The van der Waals surface area contributed by atoms with Gasteiger partial charge in [0.05, 0.1) is 28.1 Å². The van der Waals surface area contributed by atoms with Crippen molar-refractivity contribution in [2.75, 3.05) is 31.1 Å². The van der Waals surface area contributed by atoms with E-state index in [1.807, 2.05) is 41.9 Å². The molecule has 0 atom stereocenters. The molecule has 4 rings (SSSR count). The van der Waals surface area contributed by atoms with Crippen LogP contribution in [0.25, 0.3) is 22.4 Å². The molecule has 1 aromatic carbocycles. The van der Waals surface area contributed by atoms with E-state index >= 15 is 0 Å². The van der Waals surface area contributed by atoms with Crippen LogP contribution in [-0.4, -0.2) is 62.2 Å². The zero-order valence-electron chi connectivity index (χ0n) is 17.5. The summed E-state index contributed by atoms with van der Waals surface area (Å²) in [6.07, 6.45) is 1.79. The number of benzene rings is 1. The molecular formula is C22H26ClN5O2. The molecule has 0 radical (unpaired) electrons. The highest BCUT2D eigenvalue weighted by molar-refractivity contribution is 6.33. The number of nitrogens with zero attached hydrogens (tertiary/aromatic N) is 5. The van der Waals surface area contributed by atoms with Crippen LogP contribution in [0.15, 0.2) is 36.5 Å².